The van der Waals surface area contributed by atoms with Gasteiger partial charge in [-0.2, -0.15) is 0 Å². The summed E-state index contributed by atoms with van der Waals surface area (Å²) in [4.78, 5) is 0. The summed E-state index contributed by atoms with van der Waals surface area (Å²) >= 11 is 0. The summed E-state index contributed by atoms with van der Waals surface area (Å²) in [7, 11) is 1.66. The SMILES string of the molecule is COc1ccc2cc(C(N)CCO)ccc2c1.Cl. The monoisotopic (exact) mass is 267 g/mol. The zero-order chi connectivity index (χ0) is 12.3. The fraction of sp³-hybridized carbons (Fsp3) is 0.286. The van der Waals surface area contributed by atoms with E-state index < -0.39 is 0 Å². The molecule has 2 rings (SSSR count). The predicted molar refractivity (Wildman–Crippen MR) is 76.4 cm³/mol. The summed E-state index contributed by atoms with van der Waals surface area (Å²) in [5.74, 6) is 0.852. The number of methoxy groups -OCH3 is 1. The molecule has 0 saturated heterocycles. The van der Waals surface area contributed by atoms with Gasteiger partial charge in [0.05, 0.1) is 7.11 Å². The maximum Gasteiger partial charge on any atom is 0.119 e. The van der Waals surface area contributed by atoms with Crippen LogP contribution in [0.3, 0.4) is 0 Å². The highest BCUT2D eigenvalue weighted by molar-refractivity contribution is 5.85. The molecule has 0 spiro atoms. The Balaban J connectivity index is 0.00000162. The van der Waals surface area contributed by atoms with Crippen LogP contribution in [-0.2, 0) is 0 Å². The van der Waals surface area contributed by atoms with Gasteiger partial charge in [-0.1, -0.05) is 18.2 Å². The van der Waals surface area contributed by atoms with Crippen molar-refractivity contribution >= 4 is 23.2 Å². The molecule has 0 radical (unpaired) electrons. The van der Waals surface area contributed by atoms with Crippen LogP contribution in [0.5, 0.6) is 5.75 Å². The molecule has 3 nitrogen and oxygen atoms in total. The Bertz CT molecular complexity index is 516. The molecule has 0 fully saturated rings. The number of aliphatic hydroxyl groups excluding tert-OH is 1. The number of aliphatic hydroxyl groups is 1. The number of fused-ring (bicyclic) bond motifs is 1. The first-order valence-corrected chi connectivity index (χ1v) is 5.68. The maximum absolute atomic E-state index is 8.88. The van der Waals surface area contributed by atoms with Crippen molar-refractivity contribution in [3.05, 3.63) is 42.0 Å². The number of hydrogen-bond donors (Lipinski definition) is 2. The van der Waals surface area contributed by atoms with Crippen molar-refractivity contribution in [2.45, 2.75) is 12.5 Å². The number of ether oxygens (including phenoxy) is 1. The lowest BCUT2D eigenvalue weighted by atomic mass is 10.0. The minimum Gasteiger partial charge on any atom is -0.497 e. The summed E-state index contributed by atoms with van der Waals surface area (Å²) in [6.07, 6.45) is 0.585. The molecule has 0 bridgehead atoms. The van der Waals surface area contributed by atoms with E-state index in [0.29, 0.717) is 6.42 Å². The second-order valence-corrected chi connectivity index (χ2v) is 4.09. The molecular formula is C14H18ClNO2. The number of rotatable bonds is 4. The van der Waals surface area contributed by atoms with Crippen LogP contribution in [0.2, 0.25) is 0 Å². The predicted octanol–water partition coefficient (Wildman–Crippen LogP) is 2.65. The van der Waals surface area contributed by atoms with Gasteiger partial charge in [-0.3, -0.25) is 0 Å². The smallest absolute Gasteiger partial charge is 0.119 e. The molecule has 0 aliphatic rings. The Morgan fingerprint density at radius 1 is 1.17 bits per heavy atom. The molecule has 18 heavy (non-hydrogen) atoms. The molecule has 1 unspecified atom stereocenters. The Kier molecular flexibility index (Phi) is 5.41. The average Bonchev–Trinajstić information content (AvgIpc) is 2.37. The van der Waals surface area contributed by atoms with Gasteiger partial charge in [0.1, 0.15) is 5.75 Å². The summed E-state index contributed by atoms with van der Waals surface area (Å²) in [5, 5.41) is 11.1. The van der Waals surface area contributed by atoms with Crippen LogP contribution >= 0.6 is 12.4 Å². The van der Waals surface area contributed by atoms with Crippen molar-refractivity contribution in [2.24, 2.45) is 5.73 Å². The molecule has 4 heteroatoms. The third-order valence-corrected chi connectivity index (χ3v) is 2.94. The van der Waals surface area contributed by atoms with Crippen molar-refractivity contribution in [1.82, 2.24) is 0 Å². The lowest BCUT2D eigenvalue weighted by molar-refractivity contribution is 0.276. The van der Waals surface area contributed by atoms with Gasteiger partial charge >= 0.3 is 0 Å². The Hall–Kier alpha value is -1.29. The Labute approximate surface area is 113 Å². The summed E-state index contributed by atoms with van der Waals surface area (Å²) in [6, 6.07) is 11.9. The largest absolute Gasteiger partial charge is 0.497 e. The van der Waals surface area contributed by atoms with Crippen LogP contribution in [0.25, 0.3) is 10.8 Å². The van der Waals surface area contributed by atoms with Crippen molar-refractivity contribution in [3.8, 4) is 5.75 Å². The average molecular weight is 268 g/mol. The fourth-order valence-electron chi connectivity index (χ4n) is 1.91. The third kappa shape index (κ3) is 3.13. The third-order valence-electron chi connectivity index (χ3n) is 2.94. The fourth-order valence-corrected chi connectivity index (χ4v) is 1.91. The zero-order valence-corrected chi connectivity index (χ0v) is 11.1. The second kappa shape index (κ2) is 6.59. The molecule has 0 amide bonds. The highest BCUT2D eigenvalue weighted by atomic mass is 35.5. The summed E-state index contributed by atoms with van der Waals surface area (Å²) in [5.41, 5.74) is 7.02. The molecule has 2 aromatic carbocycles. The molecule has 0 aliphatic carbocycles. The lowest BCUT2D eigenvalue weighted by Gasteiger charge is -2.11. The summed E-state index contributed by atoms with van der Waals surface area (Å²) in [6.45, 7) is 0.113. The first-order chi connectivity index (χ1) is 8.24. The van der Waals surface area contributed by atoms with Crippen LogP contribution in [0.15, 0.2) is 36.4 Å². The molecular weight excluding hydrogens is 250 g/mol. The molecule has 0 aliphatic heterocycles. The topological polar surface area (TPSA) is 55.5 Å². The standard InChI is InChI=1S/C14H17NO2.ClH/c1-17-13-5-4-10-8-12(14(15)6-7-16)3-2-11(10)9-13;/h2-5,8-9,14,16H,6-7,15H2,1H3;1H. The van der Waals surface area contributed by atoms with Gasteiger partial charge in [0.25, 0.3) is 0 Å². The van der Waals surface area contributed by atoms with Crippen LogP contribution in [-0.4, -0.2) is 18.8 Å². The molecule has 1 atom stereocenters. The minimum atomic E-state index is -0.105. The van der Waals surface area contributed by atoms with Crippen molar-refractivity contribution in [2.75, 3.05) is 13.7 Å². The maximum atomic E-state index is 8.88. The zero-order valence-electron chi connectivity index (χ0n) is 10.3. The Morgan fingerprint density at radius 2 is 1.83 bits per heavy atom. The molecule has 0 aromatic heterocycles. The molecule has 98 valence electrons. The van der Waals surface area contributed by atoms with Gasteiger partial charge in [0, 0.05) is 12.6 Å². The molecule has 0 heterocycles. The van der Waals surface area contributed by atoms with Crippen LogP contribution in [0.1, 0.15) is 18.0 Å². The lowest BCUT2D eigenvalue weighted by Crippen LogP contribution is -2.11. The quantitative estimate of drug-likeness (QED) is 0.895. The highest BCUT2D eigenvalue weighted by Crippen LogP contribution is 2.24. The molecule has 0 saturated carbocycles. The highest BCUT2D eigenvalue weighted by Gasteiger charge is 2.06. The van der Waals surface area contributed by atoms with E-state index in [-0.39, 0.29) is 25.1 Å². The van der Waals surface area contributed by atoms with Gasteiger partial charge in [0.2, 0.25) is 0 Å². The minimum absolute atomic E-state index is 0. The second-order valence-electron chi connectivity index (χ2n) is 4.09. The van der Waals surface area contributed by atoms with E-state index in [4.69, 9.17) is 15.6 Å². The van der Waals surface area contributed by atoms with E-state index >= 15 is 0 Å². The van der Waals surface area contributed by atoms with Crippen molar-refractivity contribution in [3.63, 3.8) is 0 Å². The van der Waals surface area contributed by atoms with Crippen LogP contribution < -0.4 is 10.5 Å². The van der Waals surface area contributed by atoms with Gasteiger partial charge in [-0.25, -0.2) is 0 Å². The van der Waals surface area contributed by atoms with Crippen LogP contribution in [0, 0.1) is 0 Å². The van der Waals surface area contributed by atoms with E-state index in [2.05, 4.69) is 6.07 Å². The number of nitrogens with two attached hydrogens (primary N) is 1. The van der Waals surface area contributed by atoms with Crippen LogP contribution in [0.4, 0.5) is 0 Å². The van der Waals surface area contributed by atoms with Gasteiger partial charge in [-0.05, 0) is 41.0 Å². The van der Waals surface area contributed by atoms with Gasteiger partial charge in [0.15, 0.2) is 0 Å². The van der Waals surface area contributed by atoms with Crippen molar-refractivity contribution < 1.29 is 9.84 Å². The van der Waals surface area contributed by atoms with Crippen molar-refractivity contribution in [1.29, 1.82) is 0 Å². The Morgan fingerprint density at radius 3 is 2.50 bits per heavy atom. The van der Waals surface area contributed by atoms with E-state index in [1.165, 1.54) is 0 Å². The summed E-state index contributed by atoms with van der Waals surface area (Å²) < 4.78 is 5.18. The first kappa shape index (κ1) is 14.8. The first-order valence-electron chi connectivity index (χ1n) is 5.68. The number of halogens is 1. The van der Waals surface area contributed by atoms with E-state index in [1.54, 1.807) is 7.11 Å². The number of benzene rings is 2. The van der Waals surface area contributed by atoms with Gasteiger partial charge < -0.3 is 15.6 Å². The normalized spacial score (nSPS) is 11.9. The van der Waals surface area contributed by atoms with E-state index in [0.717, 1.165) is 22.1 Å². The molecule has 3 N–H and O–H groups in total. The van der Waals surface area contributed by atoms with Gasteiger partial charge in [-0.15, -0.1) is 12.4 Å². The molecule has 2 aromatic rings. The van der Waals surface area contributed by atoms with E-state index in [9.17, 15) is 0 Å². The number of hydrogen-bond acceptors (Lipinski definition) is 3. The van der Waals surface area contributed by atoms with E-state index in [1.807, 2.05) is 30.3 Å².